The van der Waals surface area contributed by atoms with Crippen LogP contribution in [0.4, 0.5) is 4.39 Å². The lowest BCUT2D eigenvalue weighted by atomic mass is 9.95. The second-order valence-corrected chi connectivity index (χ2v) is 4.53. The zero-order valence-electron chi connectivity index (χ0n) is 11.3. The second kappa shape index (κ2) is 6.15. The van der Waals surface area contributed by atoms with Gasteiger partial charge in [0.2, 0.25) is 5.91 Å². The molecule has 0 saturated heterocycles. The van der Waals surface area contributed by atoms with Gasteiger partial charge in [-0.3, -0.25) is 4.79 Å². The Morgan fingerprint density at radius 3 is 2.50 bits per heavy atom. The van der Waals surface area contributed by atoms with Crippen molar-refractivity contribution in [2.75, 3.05) is 0 Å². The number of carbonyl (C=O) groups excluding carboxylic acids is 1. The van der Waals surface area contributed by atoms with E-state index >= 15 is 0 Å². The van der Waals surface area contributed by atoms with Gasteiger partial charge >= 0.3 is 0 Å². The van der Waals surface area contributed by atoms with E-state index in [1.807, 2.05) is 31.2 Å². The molecule has 1 atom stereocenters. The maximum Gasteiger partial charge on any atom is 0.243 e. The Kier molecular flexibility index (Phi) is 4.31. The molecule has 1 amide bonds. The van der Waals surface area contributed by atoms with Crippen molar-refractivity contribution in [3.63, 3.8) is 0 Å². The van der Waals surface area contributed by atoms with E-state index in [1.54, 1.807) is 12.1 Å². The minimum atomic E-state index is -0.265. The summed E-state index contributed by atoms with van der Waals surface area (Å²) in [5.74, 6) is -0.481. The highest BCUT2D eigenvalue weighted by atomic mass is 19.1. The first-order chi connectivity index (χ1) is 9.61. The highest BCUT2D eigenvalue weighted by molar-refractivity contribution is 5.87. The third kappa shape index (κ3) is 3.12. The van der Waals surface area contributed by atoms with Crippen molar-refractivity contribution in [1.29, 1.82) is 0 Å². The fraction of sp³-hybridized carbons (Fsp3) is 0.118. The van der Waals surface area contributed by atoms with Crippen LogP contribution in [0, 0.1) is 5.82 Å². The molecule has 20 heavy (non-hydrogen) atoms. The van der Waals surface area contributed by atoms with Gasteiger partial charge in [-0.15, -0.1) is 0 Å². The molecule has 2 rings (SSSR count). The number of carbonyl (C=O) groups is 1. The predicted octanol–water partition coefficient (Wildman–Crippen LogP) is 3.86. The molecule has 0 aliphatic heterocycles. The van der Waals surface area contributed by atoms with Gasteiger partial charge < -0.3 is 5.32 Å². The van der Waals surface area contributed by atoms with E-state index in [2.05, 4.69) is 11.9 Å². The molecular formula is C17H16FNO. The van der Waals surface area contributed by atoms with E-state index in [0.29, 0.717) is 0 Å². The van der Waals surface area contributed by atoms with Crippen LogP contribution in [0.15, 0.2) is 61.2 Å². The summed E-state index contributed by atoms with van der Waals surface area (Å²) in [4.78, 5) is 11.4. The third-order valence-electron chi connectivity index (χ3n) is 3.13. The maximum atomic E-state index is 13.0. The molecule has 0 bridgehead atoms. The Hall–Kier alpha value is -2.42. The summed E-state index contributed by atoms with van der Waals surface area (Å²) in [5.41, 5.74) is 2.88. The lowest BCUT2D eigenvalue weighted by molar-refractivity contribution is -0.117. The Bertz CT molecular complexity index is 619. The molecule has 0 aliphatic carbocycles. The van der Waals surface area contributed by atoms with Crippen LogP contribution >= 0.6 is 0 Å². The number of rotatable bonds is 4. The van der Waals surface area contributed by atoms with Crippen LogP contribution in [-0.2, 0) is 4.79 Å². The molecule has 1 N–H and O–H groups in total. The van der Waals surface area contributed by atoms with Gasteiger partial charge in [0.05, 0.1) is 6.04 Å². The number of hydrogen-bond donors (Lipinski definition) is 1. The summed E-state index contributed by atoms with van der Waals surface area (Å²) >= 11 is 0. The van der Waals surface area contributed by atoms with Crippen LogP contribution < -0.4 is 5.32 Å². The SMILES string of the molecule is C=CC(=O)NC(C)c1ccccc1-c1ccc(F)cc1. The van der Waals surface area contributed by atoms with Gasteiger partial charge in [0, 0.05) is 0 Å². The molecule has 0 aromatic heterocycles. The zero-order valence-corrected chi connectivity index (χ0v) is 11.3. The smallest absolute Gasteiger partial charge is 0.243 e. The standard InChI is InChI=1S/C17H16FNO/c1-3-17(20)19-12(2)15-6-4-5-7-16(15)13-8-10-14(18)11-9-13/h3-12H,1H2,2H3,(H,19,20). The monoisotopic (exact) mass is 269 g/mol. The van der Waals surface area contributed by atoms with Gasteiger partial charge in [-0.2, -0.15) is 0 Å². The Labute approximate surface area is 118 Å². The molecule has 0 aliphatic rings. The van der Waals surface area contributed by atoms with Crippen molar-refractivity contribution in [2.24, 2.45) is 0 Å². The van der Waals surface area contributed by atoms with E-state index < -0.39 is 0 Å². The van der Waals surface area contributed by atoms with Crippen LogP contribution in [0.2, 0.25) is 0 Å². The molecule has 2 aromatic carbocycles. The van der Waals surface area contributed by atoms with Crippen molar-refractivity contribution in [3.8, 4) is 11.1 Å². The molecule has 0 fully saturated rings. The van der Waals surface area contributed by atoms with Gasteiger partial charge in [-0.25, -0.2) is 4.39 Å². The Morgan fingerprint density at radius 2 is 1.85 bits per heavy atom. The number of halogens is 1. The van der Waals surface area contributed by atoms with Gasteiger partial charge in [0.25, 0.3) is 0 Å². The maximum absolute atomic E-state index is 13.0. The van der Waals surface area contributed by atoms with Crippen LogP contribution in [0.1, 0.15) is 18.5 Å². The van der Waals surface area contributed by atoms with Gasteiger partial charge in [-0.1, -0.05) is 43.0 Å². The van der Waals surface area contributed by atoms with Crippen molar-refractivity contribution >= 4 is 5.91 Å². The van der Waals surface area contributed by atoms with Gasteiger partial charge in [0.15, 0.2) is 0 Å². The second-order valence-electron chi connectivity index (χ2n) is 4.53. The number of hydrogen-bond acceptors (Lipinski definition) is 1. The van der Waals surface area contributed by atoms with Crippen LogP contribution in [-0.4, -0.2) is 5.91 Å². The number of nitrogens with one attached hydrogen (secondary N) is 1. The van der Waals surface area contributed by atoms with E-state index in [0.717, 1.165) is 16.7 Å². The lowest BCUT2D eigenvalue weighted by Crippen LogP contribution is -2.24. The molecule has 0 saturated carbocycles. The van der Waals surface area contributed by atoms with E-state index in [4.69, 9.17) is 0 Å². The fourth-order valence-electron chi connectivity index (χ4n) is 2.12. The van der Waals surface area contributed by atoms with E-state index in [1.165, 1.54) is 18.2 Å². The summed E-state index contributed by atoms with van der Waals surface area (Å²) in [5, 5.41) is 2.84. The van der Waals surface area contributed by atoms with Gasteiger partial charge in [0.1, 0.15) is 5.82 Å². The average Bonchev–Trinajstić information content (AvgIpc) is 2.48. The summed E-state index contributed by atoms with van der Waals surface area (Å²) in [6.45, 7) is 5.35. The molecule has 2 nitrogen and oxygen atoms in total. The summed E-state index contributed by atoms with van der Waals surface area (Å²) < 4.78 is 13.0. The molecule has 2 aromatic rings. The summed E-state index contributed by atoms with van der Waals surface area (Å²) in [6.07, 6.45) is 1.25. The molecule has 0 radical (unpaired) electrons. The third-order valence-corrected chi connectivity index (χ3v) is 3.13. The van der Waals surface area contributed by atoms with Gasteiger partial charge in [-0.05, 0) is 41.8 Å². The zero-order chi connectivity index (χ0) is 14.5. The minimum Gasteiger partial charge on any atom is -0.346 e. The fourth-order valence-corrected chi connectivity index (χ4v) is 2.12. The van der Waals surface area contributed by atoms with Crippen molar-refractivity contribution in [2.45, 2.75) is 13.0 Å². The van der Waals surface area contributed by atoms with E-state index in [-0.39, 0.29) is 17.8 Å². The number of benzene rings is 2. The normalized spacial score (nSPS) is 11.7. The quantitative estimate of drug-likeness (QED) is 0.839. The predicted molar refractivity (Wildman–Crippen MR) is 78.6 cm³/mol. The molecule has 1 unspecified atom stereocenters. The van der Waals surface area contributed by atoms with Crippen molar-refractivity contribution in [3.05, 3.63) is 72.6 Å². The topological polar surface area (TPSA) is 29.1 Å². The first-order valence-electron chi connectivity index (χ1n) is 6.39. The highest BCUT2D eigenvalue weighted by Crippen LogP contribution is 2.28. The largest absolute Gasteiger partial charge is 0.346 e. The first-order valence-corrected chi connectivity index (χ1v) is 6.39. The lowest BCUT2D eigenvalue weighted by Gasteiger charge is -2.17. The first kappa shape index (κ1) is 14.0. The molecule has 0 heterocycles. The van der Waals surface area contributed by atoms with Crippen LogP contribution in [0.3, 0.4) is 0 Å². The minimum absolute atomic E-state index is 0.151. The Morgan fingerprint density at radius 1 is 1.20 bits per heavy atom. The van der Waals surface area contributed by atoms with Crippen LogP contribution in [0.5, 0.6) is 0 Å². The molecular weight excluding hydrogens is 253 g/mol. The Balaban J connectivity index is 2.37. The number of amides is 1. The average molecular weight is 269 g/mol. The summed E-state index contributed by atoms with van der Waals surface area (Å²) in [7, 11) is 0. The van der Waals surface area contributed by atoms with Crippen molar-refractivity contribution in [1.82, 2.24) is 5.32 Å². The molecule has 0 spiro atoms. The molecule has 102 valence electrons. The van der Waals surface area contributed by atoms with E-state index in [9.17, 15) is 9.18 Å². The molecule has 3 heteroatoms. The highest BCUT2D eigenvalue weighted by Gasteiger charge is 2.12. The van der Waals surface area contributed by atoms with Crippen molar-refractivity contribution < 1.29 is 9.18 Å². The van der Waals surface area contributed by atoms with Crippen LogP contribution in [0.25, 0.3) is 11.1 Å². The summed E-state index contributed by atoms with van der Waals surface area (Å²) in [6, 6.07) is 13.9.